The summed E-state index contributed by atoms with van der Waals surface area (Å²) in [4.78, 5) is 26.4. The second-order valence-corrected chi connectivity index (χ2v) is 6.03. The lowest BCUT2D eigenvalue weighted by molar-refractivity contribution is -0.138. The monoisotopic (exact) mass is 385 g/mol. The molecule has 3 rings (SSSR count). The summed E-state index contributed by atoms with van der Waals surface area (Å²) in [7, 11) is 0. The maximum Gasteiger partial charge on any atom is 0.418 e. The summed E-state index contributed by atoms with van der Waals surface area (Å²) in [6.07, 6.45) is -3.73. The third-order valence-corrected chi connectivity index (χ3v) is 4.29. The van der Waals surface area contributed by atoms with Gasteiger partial charge in [-0.05, 0) is 18.2 Å². The van der Waals surface area contributed by atoms with E-state index in [1.807, 2.05) is 0 Å². The number of carbonyl (C=O) groups excluding carboxylic acids is 2. The fourth-order valence-corrected chi connectivity index (χ4v) is 2.95. The number of amides is 2. The zero-order valence-electron chi connectivity index (χ0n) is 14.3. The normalized spacial score (nSPS) is 18.1. The number of benzene rings is 1. The van der Waals surface area contributed by atoms with Crippen LogP contribution in [0.5, 0.6) is 0 Å². The summed E-state index contributed by atoms with van der Waals surface area (Å²) in [5.41, 5.74) is -1.12. The van der Waals surface area contributed by atoms with E-state index < -0.39 is 30.2 Å². The highest BCUT2D eigenvalue weighted by molar-refractivity contribution is 6.17. The minimum Gasteiger partial charge on any atom is -0.395 e. The van der Waals surface area contributed by atoms with Crippen molar-refractivity contribution in [1.29, 1.82) is 0 Å². The van der Waals surface area contributed by atoms with E-state index in [0.29, 0.717) is 32.0 Å². The molecule has 2 aliphatic heterocycles. The average molecular weight is 385 g/mol. The highest BCUT2D eigenvalue weighted by Crippen LogP contribution is 2.38. The maximum absolute atomic E-state index is 13.5. The van der Waals surface area contributed by atoms with Gasteiger partial charge in [0, 0.05) is 24.9 Å². The lowest BCUT2D eigenvalue weighted by Crippen LogP contribution is -2.36. The lowest BCUT2D eigenvalue weighted by atomic mass is 10.1. The fourth-order valence-electron chi connectivity index (χ4n) is 2.95. The van der Waals surface area contributed by atoms with Gasteiger partial charge in [0.1, 0.15) is 5.70 Å². The van der Waals surface area contributed by atoms with Crippen molar-refractivity contribution in [3.05, 3.63) is 35.5 Å². The molecule has 0 aliphatic carbocycles. The summed E-state index contributed by atoms with van der Waals surface area (Å²) >= 11 is 0. The Labute approximate surface area is 153 Å². The molecule has 0 saturated carbocycles. The molecule has 146 valence electrons. The van der Waals surface area contributed by atoms with E-state index in [9.17, 15) is 22.8 Å². The van der Waals surface area contributed by atoms with E-state index in [4.69, 9.17) is 9.84 Å². The number of β-amino-alcohol motifs (C(OH)–C–C–N with tert-alkyl or cyclic N) is 1. The predicted octanol–water partition coefficient (Wildman–Crippen LogP) is 1.20. The quantitative estimate of drug-likeness (QED) is 0.742. The highest BCUT2D eigenvalue weighted by Gasteiger charge is 2.36. The number of anilines is 2. The smallest absolute Gasteiger partial charge is 0.395 e. The average Bonchev–Trinajstić information content (AvgIpc) is 2.90. The van der Waals surface area contributed by atoms with Crippen molar-refractivity contribution < 1.29 is 32.6 Å². The first-order valence-electron chi connectivity index (χ1n) is 8.30. The molecular formula is C17H18F3N3O4. The number of imide groups is 1. The highest BCUT2D eigenvalue weighted by atomic mass is 19.4. The second kappa shape index (κ2) is 7.57. The molecule has 2 aliphatic rings. The number of nitrogens with zero attached hydrogens (tertiary/aromatic N) is 2. The molecule has 2 heterocycles. The molecule has 0 bridgehead atoms. The van der Waals surface area contributed by atoms with Crippen LogP contribution in [0.4, 0.5) is 24.5 Å². The summed E-state index contributed by atoms with van der Waals surface area (Å²) < 4.78 is 45.8. The van der Waals surface area contributed by atoms with Gasteiger partial charge >= 0.3 is 6.18 Å². The van der Waals surface area contributed by atoms with Gasteiger partial charge in [0.15, 0.2) is 0 Å². The Hall–Kier alpha value is -2.59. The zero-order chi connectivity index (χ0) is 19.6. The number of morpholine rings is 1. The number of alkyl halides is 3. The number of nitrogens with one attached hydrogen (secondary N) is 1. The Balaban J connectivity index is 1.88. The molecule has 10 heteroatoms. The molecule has 1 fully saturated rings. The first-order chi connectivity index (χ1) is 12.8. The molecule has 2 amide bonds. The summed E-state index contributed by atoms with van der Waals surface area (Å²) in [6.45, 7) is 1.19. The standard InChI is InChI=1S/C17H18F3N3O4/c18-17(19,20)12-9-11(22-4-7-27-8-5-22)1-2-13(12)21-14-10-15(25)23(3-6-24)16(14)26/h1-2,9-10,21,24H,3-8H2. The fraction of sp³-hybridized carbons (Fsp3) is 0.412. The molecular weight excluding hydrogens is 367 g/mol. The number of aliphatic hydroxyl groups is 1. The van der Waals surface area contributed by atoms with Crippen molar-refractivity contribution in [3.63, 3.8) is 0 Å². The number of ether oxygens (including phenoxy) is 1. The predicted molar refractivity (Wildman–Crippen MR) is 90.0 cm³/mol. The molecule has 1 aromatic carbocycles. The maximum atomic E-state index is 13.5. The van der Waals surface area contributed by atoms with Crippen LogP contribution in [-0.2, 0) is 20.5 Å². The van der Waals surface area contributed by atoms with Gasteiger partial charge in [0.05, 0.1) is 37.6 Å². The van der Waals surface area contributed by atoms with Crippen molar-refractivity contribution in [2.24, 2.45) is 0 Å². The Morgan fingerprint density at radius 3 is 2.52 bits per heavy atom. The Morgan fingerprint density at radius 2 is 1.89 bits per heavy atom. The van der Waals surface area contributed by atoms with E-state index in [1.165, 1.54) is 12.1 Å². The van der Waals surface area contributed by atoms with Gasteiger partial charge in [0.2, 0.25) is 0 Å². The van der Waals surface area contributed by atoms with Gasteiger partial charge in [-0.2, -0.15) is 13.2 Å². The van der Waals surface area contributed by atoms with Gasteiger partial charge in [-0.15, -0.1) is 0 Å². The molecule has 2 N–H and O–H groups in total. The van der Waals surface area contributed by atoms with Crippen LogP contribution in [0.2, 0.25) is 0 Å². The third kappa shape index (κ3) is 4.06. The van der Waals surface area contributed by atoms with Gasteiger partial charge in [0.25, 0.3) is 11.8 Å². The second-order valence-electron chi connectivity index (χ2n) is 6.03. The summed E-state index contributed by atoms with van der Waals surface area (Å²) in [5, 5.41) is 11.3. The van der Waals surface area contributed by atoms with E-state index in [0.717, 1.165) is 17.0 Å². The largest absolute Gasteiger partial charge is 0.418 e. The minimum absolute atomic E-state index is 0.221. The van der Waals surface area contributed by atoms with Crippen LogP contribution in [-0.4, -0.2) is 61.3 Å². The van der Waals surface area contributed by atoms with Crippen LogP contribution in [0.1, 0.15) is 5.56 Å². The number of halogens is 3. The van der Waals surface area contributed by atoms with Gasteiger partial charge < -0.3 is 20.1 Å². The lowest BCUT2D eigenvalue weighted by Gasteiger charge is -2.29. The van der Waals surface area contributed by atoms with Crippen LogP contribution in [0.15, 0.2) is 30.0 Å². The molecule has 0 aromatic heterocycles. The van der Waals surface area contributed by atoms with Gasteiger partial charge in [-0.3, -0.25) is 14.5 Å². The molecule has 0 unspecified atom stereocenters. The van der Waals surface area contributed by atoms with Crippen molar-refractivity contribution in [1.82, 2.24) is 4.90 Å². The number of carbonyl (C=O) groups is 2. The molecule has 0 atom stereocenters. The molecule has 27 heavy (non-hydrogen) atoms. The SMILES string of the molecule is O=C1C=C(Nc2ccc(N3CCOCC3)cc2C(F)(F)F)C(=O)N1CCO. The zero-order valence-corrected chi connectivity index (χ0v) is 14.3. The van der Waals surface area contributed by atoms with Crippen molar-refractivity contribution in [2.75, 3.05) is 49.7 Å². The van der Waals surface area contributed by atoms with Crippen molar-refractivity contribution in [2.45, 2.75) is 6.18 Å². The van der Waals surface area contributed by atoms with Crippen molar-refractivity contribution >= 4 is 23.2 Å². The van der Waals surface area contributed by atoms with Crippen LogP contribution in [0.25, 0.3) is 0 Å². The Kier molecular flexibility index (Phi) is 5.38. The van der Waals surface area contributed by atoms with Crippen LogP contribution in [0.3, 0.4) is 0 Å². The first kappa shape index (κ1) is 19.2. The summed E-state index contributed by atoms with van der Waals surface area (Å²) in [5.74, 6) is -1.46. The first-order valence-corrected chi connectivity index (χ1v) is 8.30. The third-order valence-electron chi connectivity index (χ3n) is 4.29. The molecule has 7 nitrogen and oxygen atoms in total. The number of aliphatic hydroxyl groups excluding tert-OH is 1. The summed E-state index contributed by atoms with van der Waals surface area (Å²) in [6, 6.07) is 3.78. The Morgan fingerprint density at radius 1 is 1.19 bits per heavy atom. The van der Waals surface area contributed by atoms with Crippen LogP contribution >= 0.6 is 0 Å². The van der Waals surface area contributed by atoms with E-state index in [-0.39, 0.29) is 17.9 Å². The van der Waals surface area contributed by atoms with E-state index >= 15 is 0 Å². The van der Waals surface area contributed by atoms with Crippen LogP contribution < -0.4 is 10.2 Å². The van der Waals surface area contributed by atoms with Gasteiger partial charge in [-0.1, -0.05) is 0 Å². The Bertz CT molecular complexity index is 773. The molecule has 0 spiro atoms. The minimum atomic E-state index is -4.65. The van der Waals surface area contributed by atoms with E-state index in [2.05, 4.69) is 5.32 Å². The number of hydrogen-bond acceptors (Lipinski definition) is 6. The van der Waals surface area contributed by atoms with Crippen LogP contribution in [0, 0.1) is 0 Å². The number of hydrogen-bond donors (Lipinski definition) is 2. The molecule has 0 radical (unpaired) electrons. The molecule has 1 saturated heterocycles. The van der Waals surface area contributed by atoms with Gasteiger partial charge in [-0.25, -0.2) is 0 Å². The van der Waals surface area contributed by atoms with E-state index in [1.54, 1.807) is 4.90 Å². The topological polar surface area (TPSA) is 82.1 Å². The molecule has 1 aromatic rings. The van der Waals surface area contributed by atoms with Crippen molar-refractivity contribution in [3.8, 4) is 0 Å². The number of rotatable bonds is 5.